The Balaban J connectivity index is 1.76. The number of hydrogen-bond donors (Lipinski definition) is 2. The lowest BCUT2D eigenvalue weighted by molar-refractivity contribution is 0.101. The van der Waals surface area contributed by atoms with Crippen LogP contribution in [0.1, 0.15) is 35.4 Å². The summed E-state index contributed by atoms with van der Waals surface area (Å²) in [4.78, 5) is 23.6. The van der Waals surface area contributed by atoms with Gasteiger partial charge in [0.1, 0.15) is 12.0 Å². The van der Waals surface area contributed by atoms with Gasteiger partial charge in [0.15, 0.2) is 10.3 Å². The number of nitrogens with one attached hydrogen (secondary N) is 2. The molecule has 3 rings (SSSR count). The Morgan fingerprint density at radius 1 is 1.38 bits per heavy atom. The van der Waals surface area contributed by atoms with Crippen molar-refractivity contribution in [2.75, 3.05) is 11.9 Å². The Labute approximate surface area is 129 Å². The van der Waals surface area contributed by atoms with E-state index in [-0.39, 0.29) is 27.9 Å². The molecule has 21 heavy (non-hydrogen) atoms. The highest BCUT2D eigenvalue weighted by molar-refractivity contribution is 6.38. The van der Waals surface area contributed by atoms with Crippen LogP contribution < -0.4 is 10.6 Å². The van der Waals surface area contributed by atoms with Crippen molar-refractivity contribution in [3.63, 3.8) is 0 Å². The van der Waals surface area contributed by atoms with Crippen molar-refractivity contribution in [3.8, 4) is 0 Å². The van der Waals surface area contributed by atoms with Crippen LogP contribution in [0.15, 0.2) is 10.9 Å². The van der Waals surface area contributed by atoms with E-state index in [9.17, 15) is 4.79 Å². The minimum absolute atomic E-state index is 0.00807. The van der Waals surface area contributed by atoms with E-state index in [0.717, 1.165) is 19.4 Å². The van der Waals surface area contributed by atoms with Crippen molar-refractivity contribution < 1.29 is 9.32 Å². The van der Waals surface area contributed by atoms with Gasteiger partial charge in [0, 0.05) is 0 Å². The molecule has 0 aliphatic carbocycles. The molecule has 0 saturated carbocycles. The molecular formula is C11H10Cl2N6O2. The summed E-state index contributed by atoms with van der Waals surface area (Å²) in [5.74, 6) is -0.310. The monoisotopic (exact) mass is 328 g/mol. The molecule has 2 aromatic rings. The standard InChI is InChI=1S/C11H10Cl2N6O2/c12-7-6(8(13)16-4-15-7)17-10(20)9-18-11(21-19-9)5-2-1-3-14-5/h4-5,14H,1-3H2,(H,17,20). The summed E-state index contributed by atoms with van der Waals surface area (Å²) >= 11 is 11.7. The summed E-state index contributed by atoms with van der Waals surface area (Å²) in [6.07, 6.45) is 3.12. The molecule has 0 spiro atoms. The molecule has 1 amide bonds. The van der Waals surface area contributed by atoms with Crippen LogP contribution in [0, 0.1) is 0 Å². The maximum Gasteiger partial charge on any atom is 0.297 e. The second-order valence-electron chi connectivity index (χ2n) is 4.39. The van der Waals surface area contributed by atoms with Gasteiger partial charge in [-0.3, -0.25) is 4.79 Å². The number of aromatic nitrogens is 4. The van der Waals surface area contributed by atoms with Crippen LogP contribution in [0.5, 0.6) is 0 Å². The van der Waals surface area contributed by atoms with E-state index in [4.69, 9.17) is 27.7 Å². The highest BCUT2D eigenvalue weighted by Gasteiger charge is 2.25. The molecule has 2 N–H and O–H groups in total. The minimum atomic E-state index is -0.596. The van der Waals surface area contributed by atoms with Gasteiger partial charge in [-0.25, -0.2) is 9.97 Å². The van der Waals surface area contributed by atoms with E-state index in [1.54, 1.807) is 0 Å². The van der Waals surface area contributed by atoms with Crippen LogP contribution in [0.25, 0.3) is 0 Å². The number of hydrogen-bond acceptors (Lipinski definition) is 7. The third-order valence-electron chi connectivity index (χ3n) is 3.00. The number of rotatable bonds is 3. The Morgan fingerprint density at radius 3 is 2.81 bits per heavy atom. The second kappa shape index (κ2) is 5.92. The van der Waals surface area contributed by atoms with Gasteiger partial charge in [-0.05, 0) is 19.4 Å². The van der Waals surface area contributed by atoms with E-state index in [2.05, 4.69) is 30.7 Å². The molecule has 1 atom stereocenters. The molecule has 1 aliphatic heterocycles. The molecular weight excluding hydrogens is 319 g/mol. The molecule has 0 aromatic carbocycles. The molecule has 0 bridgehead atoms. The fraction of sp³-hybridized carbons (Fsp3) is 0.364. The average molecular weight is 329 g/mol. The number of nitrogens with zero attached hydrogens (tertiary/aromatic N) is 4. The number of anilines is 1. The zero-order valence-electron chi connectivity index (χ0n) is 10.6. The number of carbonyl (C=O) groups is 1. The quantitative estimate of drug-likeness (QED) is 0.828. The summed E-state index contributed by atoms with van der Waals surface area (Å²) in [5.41, 5.74) is 0.108. The fourth-order valence-corrected chi connectivity index (χ4v) is 2.39. The molecule has 2 aromatic heterocycles. The highest BCUT2D eigenvalue weighted by atomic mass is 35.5. The van der Waals surface area contributed by atoms with Crippen LogP contribution in [-0.2, 0) is 0 Å². The van der Waals surface area contributed by atoms with Gasteiger partial charge < -0.3 is 15.2 Å². The maximum atomic E-state index is 12.1. The number of halogens is 2. The summed E-state index contributed by atoms with van der Waals surface area (Å²) in [7, 11) is 0. The molecule has 0 radical (unpaired) electrons. The van der Waals surface area contributed by atoms with Crippen LogP contribution in [0.4, 0.5) is 5.69 Å². The SMILES string of the molecule is O=C(Nc1c(Cl)ncnc1Cl)c1noc(C2CCCN2)n1. The predicted molar refractivity (Wildman–Crippen MR) is 74.3 cm³/mol. The molecule has 1 fully saturated rings. The third kappa shape index (κ3) is 2.97. The van der Waals surface area contributed by atoms with E-state index < -0.39 is 5.91 Å². The van der Waals surface area contributed by atoms with Crippen molar-refractivity contribution in [2.45, 2.75) is 18.9 Å². The van der Waals surface area contributed by atoms with Gasteiger partial charge in [0.05, 0.1) is 6.04 Å². The Bertz CT molecular complexity index is 650. The zero-order valence-corrected chi connectivity index (χ0v) is 12.1. The van der Waals surface area contributed by atoms with E-state index in [1.807, 2.05) is 0 Å². The zero-order chi connectivity index (χ0) is 14.8. The van der Waals surface area contributed by atoms with Crippen LogP contribution in [-0.4, -0.2) is 32.6 Å². The van der Waals surface area contributed by atoms with Gasteiger partial charge in [-0.1, -0.05) is 28.4 Å². The van der Waals surface area contributed by atoms with Crippen molar-refractivity contribution in [3.05, 3.63) is 28.3 Å². The van der Waals surface area contributed by atoms with E-state index in [0.29, 0.717) is 5.89 Å². The molecule has 1 saturated heterocycles. The third-order valence-corrected chi connectivity index (χ3v) is 3.57. The van der Waals surface area contributed by atoms with Crippen LogP contribution in [0.2, 0.25) is 10.3 Å². The summed E-state index contributed by atoms with van der Waals surface area (Å²) < 4.78 is 5.09. The van der Waals surface area contributed by atoms with Gasteiger partial charge in [-0.2, -0.15) is 4.98 Å². The van der Waals surface area contributed by atoms with Crippen molar-refractivity contribution in [2.24, 2.45) is 0 Å². The van der Waals surface area contributed by atoms with E-state index in [1.165, 1.54) is 6.33 Å². The molecule has 8 nitrogen and oxygen atoms in total. The predicted octanol–water partition coefficient (Wildman–Crippen LogP) is 1.84. The number of amides is 1. The lowest BCUT2D eigenvalue weighted by Gasteiger charge is -2.05. The fourth-order valence-electron chi connectivity index (χ4n) is 1.98. The average Bonchev–Trinajstić information content (AvgIpc) is 3.12. The highest BCUT2D eigenvalue weighted by Crippen LogP contribution is 2.26. The topological polar surface area (TPSA) is 106 Å². The van der Waals surface area contributed by atoms with Crippen LogP contribution in [0.3, 0.4) is 0 Å². The van der Waals surface area contributed by atoms with Gasteiger partial charge in [0.2, 0.25) is 5.89 Å². The van der Waals surface area contributed by atoms with Crippen molar-refractivity contribution in [1.29, 1.82) is 0 Å². The van der Waals surface area contributed by atoms with E-state index >= 15 is 0 Å². The van der Waals surface area contributed by atoms with Crippen LogP contribution >= 0.6 is 23.2 Å². The first-order valence-corrected chi connectivity index (χ1v) is 6.95. The van der Waals surface area contributed by atoms with Crippen molar-refractivity contribution >= 4 is 34.8 Å². The summed E-state index contributed by atoms with van der Waals surface area (Å²) in [5, 5.41) is 9.38. The maximum absolute atomic E-state index is 12.1. The minimum Gasteiger partial charge on any atom is -0.337 e. The Morgan fingerprint density at radius 2 is 2.14 bits per heavy atom. The first kappa shape index (κ1) is 14.2. The molecule has 110 valence electrons. The van der Waals surface area contributed by atoms with Gasteiger partial charge >= 0.3 is 0 Å². The largest absolute Gasteiger partial charge is 0.337 e. The smallest absolute Gasteiger partial charge is 0.297 e. The first-order chi connectivity index (χ1) is 10.1. The molecule has 10 heteroatoms. The Hall–Kier alpha value is -1.77. The first-order valence-electron chi connectivity index (χ1n) is 6.19. The van der Waals surface area contributed by atoms with Crippen molar-refractivity contribution in [1.82, 2.24) is 25.4 Å². The lowest BCUT2D eigenvalue weighted by Crippen LogP contribution is -2.16. The Kier molecular flexibility index (Phi) is 4.00. The normalized spacial score (nSPS) is 17.9. The summed E-state index contributed by atoms with van der Waals surface area (Å²) in [6.45, 7) is 0.890. The second-order valence-corrected chi connectivity index (χ2v) is 5.11. The van der Waals surface area contributed by atoms with Gasteiger partial charge in [0.25, 0.3) is 11.7 Å². The molecule has 1 unspecified atom stereocenters. The van der Waals surface area contributed by atoms with Gasteiger partial charge in [-0.15, -0.1) is 0 Å². The number of carbonyl (C=O) groups excluding carboxylic acids is 1. The molecule has 1 aliphatic rings. The lowest BCUT2D eigenvalue weighted by atomic mass is 10.2. The summed E-state index contributed by atoms with van der Waals surface area (Å²) in [6, 6.07) is -0.00807. The molecule has 3 heterocycles.